The maximum absolute atomic E-state index is 11.6. The van der Waals surface area contributed by atoms with E-state index in [1.807, 2.05) is 25.1 Å². The summed E-state index contributed by atoms with van der Waals surface area (Å²) in [5, 5.41) is 0. The smallest absolute Gasteiger partial charge is 0.152 e. The molecule has 1 aliphatic heterocycles. The molecule has 5 heteroatoms. The van der Waals surface area contributed by atoms with Crippen molar-refractivity contribution in [2.45, 2.75) is 18.8 Å². The Balaban J connectivity index is 2.47. The molecule has 18 heavy (non-hydrogen) atoms. The van der Waals surface area contributed by atoms with Gasteiger partial charge in [-0.05, 0) is 26.0 Å². The second-order valence-corrected chi connectivity index (χ2v) is 7.12. The monoisotopic (exact) mass is 269 g/mol. The first-order valence-corrected chi connectivity index (χ1v) is 7.80. The van der Waals surface area contributed by atoms with Gasteiger partial charge >= 0.3 is 0 Å². The van der Waals surface area contributed by atoms with E-state index in [1.165, 1.54) is 0 Å². The largest absolute Gasteiger partial charge is 0.496 e. The molecule has 0 bridgehead atoms. The molecule has 0 spiro atoms. The zero-order chi connectivity index (χ0) is 13.4. The number of hydrogen-bond donors (Lipinski definition) is 1. The van der Waals surface area contributed by atoms with Gasteiger partial charge in [0.25, 0.3) is 0 Å². The summed E-state index contributed by atoms with van der Waals surface area (Å²) in [6, 6.07) is 5.88. The van der Waals surface area contributed by atoms with E-state index >= 15 is 0 Å². The predicted octanol–water partition coefficient (Wildman–Crippen LogP) is 1.02. The fraction of sp³-hybridized carbons (Fsp3) is 0.538. The zero-order valence-electron chi connectivity index (χ0n) is 10.8. The van der Waals surface area contributed by atoms with Crippen LogP contribution in [0, 0.1) is 6.92 Å². The fourth-order valence-electron chi connectivity index (χ4n) is 2.75. The van der Waals surface area contributed by atoms with Crippen molar-refractivity contribution in [1.82, 2.24) is 0 Å². The highest BCUT2D eigenvalue weighted by Crippen LogP contribution is 2.43. The van der Waals surface area contributed by atoms with E-state index in [1.54, 1.807) is 7.11 Å². The molecular formula is C13H19NO3S. The Hall–Kier alpha value is -1.07. The van der Waals surface area contributed by atoms with E-state index < -0.39 is 9.84 Å². The number of nitrogens with two attached hydrogens (primary N) is 1. The lowest BCUT2D eigenvalue weighted by molar-refractivity contribution is 0.375. The second-order valence-electron chi connectivity index (χ2n) is 5.05. The molecular weight excluding hydrogens is 250 g/mol. The van der Waals surface area contributed by atoms with E-state index in [9.17, 15) is 8.42 Å². The normalized spacial score (nSPS) is 20.2. The molecule has 0 aliphatic carbocycles. The van der Waals surface area contributed by atoms with Gasteiger partial charge in [-0.15, -0.1) is 0 Å². The zero-order valence-corrected chi connectivity index (χ0v) is 11.6. The summed E-state index contributed by atoms with van der Waals surface area (Å²) in [4.78, 5) is 0. The maximum Gasteiger partial charge on any atom is 0.152 e. The summed E-state index contributed by atoms with van der Waals surface area (Å²) in [7, 11) is -1.30. The van der Waals surface area contributed by atoms with E-state index in [2.05, 4.69) is 0 Å². The molecule has 100 valence electrons. The molecule has 2 N–H and O–H groups in total. The van der Waals surface area contributed by atoms with Gasteiger partial charge in [-0.25, -0.2) is 8.42 Å². The van der Waals surface area contributed by atoms with E-state index in [4.69, 9.17) is 10.5 Å². The van der Waals surface area contributed by atoms with E-state index in [-0.39, 0.29) is 16.9 Å². The number of methoxy groups -OCH3 is 1. The number of rotatable bonds is 4. The summed E-state index contributed by atoms with van der Waals surface area (Å²) in [6.45, 7) is 2.47. The van der Waals surface area contributed by atoms with Crippen molar-refractivity contribution in [2.24, 2.45) is 5.73 Å². The van der Waals surface area contributed by atoms with Gasteiger partial charge in [0, 0.05) is 11.0 Å². The minimum atomic E-state index is -2.91. The average molecular weight is 269 g/mol. The molecule has 1 aliphatic rings. The van der Waals surface area contributed by atoms with Crippen LogP contribution in [0.3, 0.4) is 0 Å². The van der Waals surface area contributed by atoms with Gasteiger partial charge in [-0.2, -0.15) is 0 Å². The Kier molecular flexibility index (Phi) is 3.38. The molecule has 2 rings (SSSR count). The third-order valence-electron chi connectivity index (χ3n) is 3.54. The Morgan fingerprint density at radius 3 is 2.56 bits per heavy atom. The van der Waals surface area contributed by atoms with Crippen molar-refractivity contribution >= 4 is 9.84 Å². The van der Waals surface area contributed by atoms with Gasteiger partial charge in [0.2, 0.25) is 0 Å². The van der Waals surface area contributed by atoms with Crippen molar-refractivity contribution in [1.29, 1.82) is 0 Å². The number of sulfone groups is 1. The highest BCUT2D eigenvalue weighted by molar-refractivity contribution is 7.93. The molecule has 0 radical (unpaired) electrons. The van der Waals surface area contributed by atoms with Crippen LogP contribution in [0.2, 0.25) is 0 Å². The third-order valence-corrected chi connectivity index (χ3v) is 5.53. The minimum Gasteiger partial charge on any atom is -0.496 e. The molecule has 1 heterocycles. The van der Waals surface area contributed by atoms with Gasteiger partial charge in [0.1, 0.15) is 5.75 Å². The van der Waals surface area contributed by atoms with Crippen molar-refractivity contribution in [3.05, 3.63) is 29.3 Å². The van der Waals surface area contributed by atoms with Gasteiger partial charge in [-0.1, -0.05) is 17.7 Å². The van der Waals surface area contributed by atoms with Crippen molar-refractivity contribution in [3.63, 3.8) is 0 Å². The van der Waals surface area contributed by atoms with Gasteiger partial charge in [-0.3, -0.25) is 0 Å². The van der Waals surface area contributed by atoms with Crippen molar-refractivity contribution < 1.29 is 13.2 Å². The van der Waals surface area contributed by atoms with E-state index in [0.29, 0.717) is 13.0 Å². The van der Waals surface area contributed by atoms with Crippen LogP contribution in [0.5, 0.6) is 5.75 Å². The van der Waals surface area contributed by atoms with Crippen molar-refractivity contribution in [2.75, 3.05) is 25.2 Å². The molecule has 1 saturated heterocycles. The highest BCUT2D eigenvalue weighted by atomic mass is 32.2. The molecule has 4 nitrogen and oxygen atoms in total. The molecule has 0 unspecified atom stereocenters. The summed E-state index contributed by atoms with van der Waals surface area (Å²) in [5.74, 6) is 1.11. The molecule has 1 fully saturated rings. The fourth-order valence-corrected chi connectivity index (χ4v) is 4.95. The van der Waals surface area contributed by atoms with Crippen LogP contribution in [0.15, 0.2) is 18.2 Å². The van der Waals surface area contributed by atoms with Crippen LogP contribution in [-0.2, 0) is 15.3 Å². The van der Waals surface area contributed by atoms with Gasteiger partial charge in [0.05, 0.1) is 18.6 Å². The van der Waals surface area contributed by atoms with Crippen LogP contribution in [0.1, 0.15) is 17.5 Å². The molecule has 0 amide bonds. The first-order valence-electron chi connectivity index (χ1n) is 5.98. The number of aryl methyl sites for hydroxylation is 1. The minimum absolute atomic E-state index is 0.178. The summed E-state index contributed by atoms with van der Waals surface area (Å²) in [6.07, 6.45) is 0.673. The lowest BCUT2D eigenvalue weighted by atomic mass is 9.79. The predicted molar refractivity (Wildman–Crippen MR) is 71.7 cm³/mol. The van der Waals surface area contributed by atoms with Crippen molar-refractivity contribution in [3.8, 4) is 5.75 Å². The Morgan fingerprint density at radius 2 is 2.06 bits per heavy atom. The quantitative estimate of drug-likeness (QED) is 0.886. The second kappa shape index (κ2) is 4.55. The summed E-state index contributed by atoms with van der Waals surface area (Å²) < 4.78 is 28.5. The van der Waals surface area contributed by atoms with E-state index in [0.717, 1.165) is 16.9 Å². The standard InChI is InChI=1S/C13H19NO3S/c1-10-3-4-12(17-2)11(7-10)13(5-6-14)8-18(15,16)9-13/h3-4,7H,5-6,8-9,14H2,1-2H3. The SMILES string of the molecule is COc1ccc(C)cc1C1(CCN)CS(=O)(=O)C1. The Bertz CT molecular complexity index is 539. The lowest BCUT2D eigenvalue weighted by Crippen LogP contribution is -2.53. The van der Waals surface area contributed by atoms with Crippen LogP contribution >= 0.6 is 0 Å². The third kappa shape index (κ3) is 2.24. The van der Waals surface area contributed by atoms with Gasteiger partial charge in [0.15, 0.2) is 9.84 Å². The molecule has 1 aromatic carbocycles. The van der Waals surface area contributed by atoms with Crippen LogP contribution < -0.4 is 10.5 Å². The van der Waals surface area contributed by atoms with Crippen LogP contribution in [0.4, 0.5) is 0 Å². The summed E-state index contributed by atoms with van der Waals surface area (Å²) >= 11 is 0. The Morgan fingerprint density at radius 1 is 1.39 bits per heavy atom. The Labute approximate surface area is 108 Å². The van der Waals surface area contributed by atoms with Crippen LogP contribution in [-0.4, -0.2) is 33.6 Å². The molecule has 0 saturated carbocycles. The maximum atomic E-state index is 11.6. The lowest BCUT2D eigenvalue weighted by Gasteiger charge is -2.42. The topological polar surface area (TPSA) is 69.4 Å². The number of benzene rings is 1. The van der Waals surface area contributed by atoms with Gasteiger partial charge < -0.3 is 10.5 Å². The first kappa shape index (κ1) is 13.4. The summed E-state index contributed by atoms with van der Waals surface area (Å²) in [5.41, 5.74) is 7.37. The van der Waals surface area contributed by atoms with Crippen LogP contribution in [0.25, 0.3) is 0 Å². The highest BCUT2D eigenvalue weighted by Gasteiger charge is 2.50. The molecule has 0 atom stereocenters. The first-order chi connectivity index (χ1) is 8.42. The molecule has 0 aromatic heterocycles. The number of hydrogen-bond acceptors (Lipinski definition) is 4. The molecule has 1 aromatic rings. The average Bonchev–Trinajstić information content (AvgIpc) is 2.26. The number of ether oxygens (including phenoxy) is 1.